The molecular weight excluding hydrogens is 520 g/mol. The molecule has 41 heavy (non-hydrogen) atoms. The van der Waals surface area contributed by atoms with E-state index < -0.39 is 16.3 Å². The number of nitrogens with zero attached hydrogens (tertiary/aromatic N) is 4. The van der Waals surface area contributed by atoms with Crippen molar-refractivity contribution >= 4 is 17.5 Å². The Morgan fingerprint density at radius 3 is 2.46 bits per heavy atom. The number of amides is 2. The number of nitro benzene ring substituents is 1. The van der Waals surface area contributed by atoms with Gasteiger partial charge < -0.3 is 20.4 Å². The summed E-state index contributed by atoms with van der Waals surface area (Å²) in [7, 11) is 1.67. The van der Waals surface area contributed by atoms with E-state index in [1.807, 2.05) is 37.3 Å². The summed E-state index contributed by atoms with van der Waals surface area (Å²) in [6.07, 6.45) is 5.65. The number of carbonyl (C=O) groups excluding carboxylic acids is 2. The Bertz CT molecular complexity index is 1360. The van der Waals surface area contributed by atoms with Gasteiger partial charge >= 0.3 is 0 Å². The molecule has 10 nitrogen and oxygen atoms in total. The van der Waals surface area contributed by atoms with Crippen LogP contribution >= 0.6 is 0 Å². The van der Waals surface area contributed by atoms with Gasteiger partial charge in [-0.25, -0.2) is 0 Å². The number of non-ortho nitro benzene ring substituents is 1. The first-order valence-corrected chi connectivity index (χ1v) is 13.9. The van der Waals surface area contributed by atoms with Gasteiger partial charge in [-0.05, 0) is 63.1 Å². The minimum atomic E-state index is -0.541. The SMILES string of the molecule is CCN(C)C(=O)C1=C(C(=O)NCCCN2CCC(C#N)(c3ccccc3)CC2)C(c2ccc([N+](=O)[O-])cc2)C=CN1. The lowest BCUT2D eigenvalue weighted by atomic mass is 9.74. The molecule has 1 fully saturated rings. The summed E-state index contributed by atoms with van der Waals surface area (Å²) < 4.78 is 0. The van der Waals surface area contributed by atoms with Crippen LogP contribution in [0.5, 0.6) is 0 Å². The number of rotatable bonds is 10. The summed E-state index contributed by atoms with van der Waals surface area (Å²) >= 11 is 0. The van der Waals surface area contributed by atoms with Crippen molar-refractivity contribution in [2.45, 2.75) is 37.5 Å². The van der Waals surface area contributed by atoms with E-state index in [2.05, 4.69) is 21.6 Å². The minimum absolute atomic E-state index is 0.0443. The van der Waals surface area contributed by atoms with E-state index in [0.717, 1.165) is 38.0 Å². The molecule has 2 aromatic carbocycles. The Morgan fingerprint density at radius 2 is 1.85 bits per heavy atom. The number of allylic oxidation sites excluding steroid dienone is 1. The van der Waals surface area contributed by atoms with Gasteiger partial charge in [-0.15, -0.1) is 0 Å². The fraction of sp³-hybridized carbons (Fsp3) is 0.387. The van der Waals surface area contributed by atoms with Crippen LogP contribution in [0.3, 0.4) is 0 Å². The summed E-state index contributed by atoms with van der Waals surface area (Å²) in [5, 5.41) is 27.0. The third-order valence-corrected chi connectivity index (χ3v) is 8.03. The highest BCUT2D eigenvalue weighted by molar-refractivity contribution is 6.06. The van der Waals surface area contributed by atoms with Crippen LogP contribution in [-0.4, -0.2) is 66.3 Å². The van der Waals surface area contributed by atoms with E-state index >= 15 is 0 Å². The van der Waals surface area contributed by atoms with Gasteiger partial charge in [0, 0.05) is 38.2 Å². The predicted molar refractivity (Wildman–Crippen MR) is 155 cm³/mol. The maximum atomic E-state index is 13.5. The number of likely N-dealkylation sites (N-methyl/N-ethyl adjacent to an activating group) is 1. The molecule has 4 rings (SSSR count). The summed E-state index contributed by atoms with van der Waals surface area (Å²) in [5.41, 5.74) is 1.72. The molecule has 2 heterocycles. The van der Waals surface area contributed by atoms with Gasteiger partial charge in [0.05, 0.1) is 22.0 Å². The molecule has 0 aliphatic carbocycles. The number of nitriles is 1. The number of piperidine rings is 1. The largest absolute Gasteiger partial charge is 0.357 e. The highest BCUT2D eigenvalue weighted by Crippen LogP contribution is 2.35. The molecule has 1 unspecified atom stereocenters. The monoisotopic (exact) mass is 556 g/mol. The summed E-state index contributed by atoms with van der Waals surface area (Å²) in [4.78, 5) is 41.2. The lowest BCUT2D eigenvalue weighted by molar-refractivity contribution is -0.384. The Balaban J connectivity index is 1.40. The number of dihydropyridines is 1. The molecule has 2 N–H and O–H groups in total. The molecule has 10 heteroatoms. The van der Waals surface area contributed by atoms with Crippen LogP contribution in [0.4, 0.5) is 5.69 Å². The Labute approximate surface area is 240 Å². The van der Waals surface area contributed by atoms with Crippen LogP contribution in [0.15, 0.2) is 78.1 Å². The Kier molecular flexibility index (Phi) is 9.53. The molecule has 0 bridgehead atoms. The van der Waals surface area contributed by atoms with Gasteiger partial charge in [-0.2, -0.15) is 5.26 Å². The highest BCUT2D eigenvalue weighted by Gasteiger charge is 2.36. The number of nitrogens with one attached hydrogen (secondary N) is 2. The second kappa shape index (κ2) is 13.2. The van der Waals surface area contributed by atoms with E-state index in [-0.39, 0.29) is 28.8 Å². The van der Waals surface area contributed by atoms with Gasteiger partial charge in [-0.1, -0.05) is 48.5 Å². The van der Waals surface area contributed by atoms with Crippen LogP contribution in [0.25, 0.3) is 0 Å². The fourth-order valence-corrected chi connectivity index (χ4v) is 5.38. The van der Waals surface area contributed by atoms with Gasteiger partial charge in [-0.3, -0.25) is 19.7 Å². The molecule has 2 aromatic rings. The zero-order valence-corrected chi connectivity index (χ0v) is 23.5. The number of benzene rings is 2. The third kappa shape index (κ3) is 6.64. The van der Waals surface area contributed by atoms with Gasteiger partial charge in [0.25, 0.3) is 11.6 Å². The molecule has 0 spiro atoms. The van der Waals surface area contributed by atoms with E-state index in [9.17, 15) is 25.0 Å². The lowest BCUT2D eigenvalue weighted by Gasteiger charge is -2.37. The molecule has 2 aliphatic rings. The Morgan fingerprint density at radius 1 is 1.17 bits per heavy atom. The molecule has 0 saturated carbocycles. The molecule has 2 amide bonds. The topological polar surface area (TPSA) is 132 Å². The van der Waals surface area contributed by atoms with E-state index in [4.69, 9.17) is 0 Å². The molecule has 1 atom stereocenters. The van der Waals surface area contributed by atoms with Crippen LogP contribution < -0.4 is 10.6 Å². The molecule has 0 radical (unpaired) electrons. The summed E-state index contributed by atoms with van der Waals surface area (Å²) in [5.74, 6) is -1.20. The number of nitro groups is 1. The fourth-order valence-electron chi connectivity index (χ4n) is 5.38. The van der Waals surface area contributed by atoms with Gasteiger partial charge in [0.1, 0.15) is 5.70 Å². The highest BCUT2D eigenvalue weighted by atomic mass is 16.6. The van der Waals surface area contributed by atoms with Crippen molar-refractivity contribution in [1.82, 2.24) is 20.4 Å². The maximum Gasteiger partial charge on any atom is 0.270 e. The molecule has 2 aliphatic heterocycles. The van der Waals surface area contributed by atoms with E-state index in [0.29, 0.717) is 25.1 Å². The smallest absolute Gasteiger partial charge is 0.270 e. The lowest BCUT2D eigenvalue weighted by Crippen LogP contribution is -2.43. The minimum Gasteiger partial charge on any atom is -0.357 e. The van der Waals surface area contributed by atoms with Crippen LogP contribution in [0.1, 0.15) is 43.2 Å². The molecular formula is C31H36N6O4. The van der Waals surface area contributed by atoms with E-state index in [1.54, 1.807) is 31.5 Å². The first-order valence-electron chi connectivity index (χ1n) is 13.9. The Hall–Kier alpha value is -4.49. The molecule has 1 saturated heterocycles. The normalized spacial score (nSPS) is 18.2. The predicted octanol–water partition coefficient (Wildman–Crippen LogP) is 3.59. The number of hydrogen-bond acceptors (Lipinski definition) is 7. The van der Waals surface area contributed by atoms with Crippen molar-refractivity contribution in [3.63, 3.8) is 0 Å². The number of carbonyl (C=O) groups is 2. The van der Waals surface area contributed by atoms with Crippen molar-refractivity contribution < 1.29 is 14.5 Å². The number of likely N-dealkylation sites (tertiary alicyclic amines) is 1. The van der Waals surface area contributed by atoms with Gasteiger partial charge in [0.2, 0.25) is 5.91 Å². The maximum absolute atomic E-state index is 13.5. The average molecular weight is 557 g/mol. The molecule has 214 valence electrons. The third-order valence-electron chi connectivity index (χ3n) is 8.03. The van der Waals surface area contributed by atoms with Crippen LogP contribution in [0.2, 0.25) is 0 Å². The quantitative estimate of drug-likeness (QED) is 0.260. The second-order valence-electron chi connectivity index (χ2n) is 10.4. The standard InChI is InChI=1S/C31H36N6O4/c1-3-35(2)30(39)28-27(26(14-18-33-28)23-10-12-25(13-11-23)37(40)41)29(38)34-17-7-19-36-20-15-31(22-32,16-21-36)24-8-5-4-6-9-24/h4-6,8-14,18,26,33H,3,7,15-17,19-21H2,1-2H3,(H,34,38). The van der Waals surface area contributed by atoms with Crippen molar-refractivity contribution in [2.24, 2.45) is 0 Å². The van der Waals surface area contributed by atoms with E-state index in [1.165, 1.54) is 17.0 Å². The zero-order valence-electron chi connectivity index (χ0n) is 23.5. The van der Waals surface area contributed by atoms with Crippen molar-refractivity contribution in [2.75, 3.05) is 39.8 Å². The summed E-state index contributed by atoms with van der Waals surface area (Å²) in [6.45, 7) is 5.14. The van der Waals surface area contributed by atoms with Crippen LogP contribution in [0, 0.1) is 21.4 Å². The average Bonchev–Trinajstić information content (AvgIpc) is 3.02. The molecule has 0 aromatic heterocycles. The van der Waals surface area contributed by atoms with Gasteiger partial charge in [0.15, 0.2) is 0 Å². The van der Waals surface area contributed by atoms with Crippen molar-refractivity contribution in [3.8, 4) is 6.07 Å². The first-order chi connectivity index (χ1) is 19.8. The second-order valence-corrected chi connectivity index (χ2v) is 10.4. The van der Waals surface area contributed by atoms with Crippen molar-refractivity contribution in [3.05, 3.63) is 99.4 Å². The van der Waals surface area contributed by atoms with Crippen LogP contribution in [-0.2, 0) is 15.0 Å². The van der Waals surface area contributed by atoms with Crippen molar-refractivity contribution in [1.29, 1.82) is 5.26 Å². The summed E-state index contributed by atoms with van der Waals surface area (Å²) in [6, 6.07) is 18.6. The first kappa shape index (κ1) is 29.5. The number of hydrogen-bond donors (Lipinski definition) is 2. The zero-order chi connectivity index (χ0) is 29.4.